The van der Waals surface area contributed by atoms with Crippen LogP contribution in [0.4, 0.5) is 10.5 Å². The highest BCUT2D eigenvalue weighted by molar-refractivity contribution is 6.74. The van der Waals surface area contributed by atoms with Crippen molar-refractivity contribution in [2.75, 3.05) is 32.0 Å². The highest BCUT2D eigenvalue weighted by Gasteiger charge is 2.42. The van der Waals surface area contributed by atoms with E-state index in [1.165, 1.54) is 12.0 Å². The van der Waals surface area contributed by atoms with Crippen LogP contribution in [-0.4, -0.2) is 58.3 Å². The molecule has 2 aromatic rings. The molecule has 2 aromatic carbocycles. The number of phenolic OH excluding ortho intramolecular Hbond substituents is 1. The van der Waals surface area contributed by atoms with Gasteiger partial charge in [0.25, 0.3) is 0 Å². The molecule has 8 nitrogen and oxygen atoms in total. The minimum atomic E-state index is -2.31. The lowest BCUT2D eigenvalue weighted by atomic mass is 9.90. The lowest BCUT2D eigenvalue weighted by molar-refractivity contribution is -0.0391. The summed E-state index contributed by atoms with van der Waals surface area (Å²) in [5, 5.41) is 11.6. The summed E-state index contributed by atoms with van der Waals surface area (Å²) in [4.78, 5) is 15.1. The molecule has 0 fully saturated rings. The Morgan fingerprint density at radius 3 is 2.18 bits per heavy atom. The molecule has 44 heavy (non-hydrogen) atoms. The first-order valence-corrected chi connectivity index (χ1v) is 17.9. The summed E-state index contributed by atoms with van der Waals surface area (Å²) in [7, 11) is -0.775. The summed E-state index contributed by atoms with van der Waals surface area (Å²) in [6.45, 7) is 25.3. The maximum absolute atomic E-state index is 13.7. The van der Waals surface area contributed by atoms with Crippen molar-refractivity contribution in [3.8, 4) is 5.75 Å². The number of benzene rings is 2. The molecule has 0 aliphatic rings. The first-order valence-electron chi connectivity index (χ1n) is 15.0. The molecule has 2 atom stereocenters. The Balaban J connectivity index is 2.75. The number of methoxy groups -OCH3 is 1. The third-order valence-electron chi connectivity index (χ3n) is 7.53. The zero-order valence-corrected chi connectivity index (χ0v) is 29.1. The molecule has 0 aliphatic carbocycles. The maximum atomic E-state index is 13.7. The zero-order valence-electron chi connectivity index (χ0n) is 28.1. The largest absolute Gasteiger partial charge is 0.508 e. The number of ether oxygens (including phenoxy) is 4. The molecule has 2 rings (SSSR count). The van der Waals surface area contributed by atoms with Crippen molar-refractivity contribution >= 4 is 20.1 Å². The Morgan fingerprint density at radius 1 is 1.00 bits per heavy atom. The van der Waals surface area contributed by atoms with Crippen LogP contribution in [0.25, 0.3) is 0 Å². The summed E-state index contributed by atoms with van der Waals surface area (Å²) in [6.07, 6.45) is 2.28. The molecule has 0 unspecified atom stereocenters. The van der Waals surface area contributed by atoms with Crippen LogP contribution in [0.1, 0.15) is 64.2 Å². The van der Waals surface area contributed by atoms with Gasteiger partial charge in [0.15, 0.2) is 8.32 Å². The van der Waals surface area contributed by atoms with Gasteiger partial charge >= 0.3 is 6.09 Å². The highest BCUT2D eigenvalue weighted by Crippen LogP contribution is 2.44. The van der Waals surface area contributed by atoms with Crippen molar-refractivity contribution in [2.24, 2.45) is 0 Å². The fourth-order valence-electron chi connectivity index (χ4n) is 4.36. The third kappa shape index (κ3) is 10.9. The minimum Gasteiger partial charge on any atom is -0.508 e. The summed E-state index contributed by atoms with van der Waals surface area (Å²) < 4.78 is 29.6. The van der Waals surface area contributed by atoms with Gasteiger partial charge in [0.05, 0.1) is 31.6 Å². The number of phenols is 1. The minimum absolute atomic E-state index is 0.0184. The first-order chi connectivity index (χ1) is 20.5. The topological polar surface area (TPSA) is 86.7 Å². The Hall–Kier alpha value is -2.95. The van der Waals surface area contributed by atoms with Crippen LogP contribution >= 0.6 is 0 Å². The standard InChI is InChI=1S/C35H53NO7Si/c1-12-19-36(33(38)42-34(3,4)5)29-20-27(23-41-25-39-9)21-30(37)32(29)28(24-40-22-26-17-15-14-16-18-26)31(13-2)43-44(10,11)35(6,7)8/h12-18,20-21,28,31,37H,1-2,19,22-25H2,3-11H3/t28-,31+/m1/s1. The Kier molecular flexibility index (Phi) is 13.9. The van der Waals surface area contributed by atoms with Crippen LogP contribution < -0.4 is 4.90 Å². The van der Waals surface area contributed by atoms with Gasteiger partial charge in [0.1, 0.15) is 18.1 Å². The van der Waals surface area contributed by atoms with Crippen molar-refractivity contribution in [1.29, 1.82) is 0 Å². The second-order valence-electron chi connectivity index (χ2n) is 13.4. The van der Waals surface area contributed by atoms with Gasteiger partial charge in [-0.15, -0.1) is 13.2 Å². The number of aromatic hydroxyl groups is 1. The van der Waals surface area contributed by atoms with E-state index in [1.807, 2.05) is 57.2 Å². The number of rotatable bonds is 16. The highest BCUT2D eigenvalue weighted by atomic mass is 28.4. The third-order valence-corrected chi connectivity index (χ3v) is 12.0. The molecule has 0 bridgehead atoms. The molecular weight excluding hydrogens is 574 g/mol. The van der Waals surface area contributed by atoms with E-state index in [9.17, 15) is 9.90 Å². The fraction of sp³-hybridized carbons (Fsp3) is 0.514. The predicted molar refractivity (Wildman–Crippen MR) is 180 cm³/mol. The van der Waals surface area contributed by atoms with Gasteiger partial charge in [0, 0.05) is 25.1 Å². The van der Waals surface area contributed by atoms with E-state index in [-0.39, 0.29) is 37.3 Å². The molecule has 9 heteroatoms. The van der Waals surface area contributed by atoms with Gasteiger partial charge in [-0.3, -0.25) is 4.90 Å². The van der Waals surface area contributed by atoms with Gasteiger partial charge in [-0.1, -0.05) is 63.3 Å². The van der Waals surface area contributed by atoms with Crippen LogP contribution in [0.15, 0.2) is 67.8 Å². The van der Waals surface area contributed by atoms with E-state index in [1.54, 1.807) is 18.2 Å². The second kappa shape index (κ2) is 16.4. The Morgan fingerprint density at radius 2 is 1.64 bits per heavy atom. The zero-order chi connectivity index (χ0) is 33.1. The van der Waals surface area contributed by atoms with Crippen LogP contribution in [-0.2, 0) is 36.6 Å². The van der Waals surface area contributed by atoms with Gasteiger partial charge in [-0.25, -0.2) is 4.79 Å². The molecule has 0 spiro atoms. The van der Waals surface area contributed by atoms with E-state index in [2.05, 4.69) is 47.0 Å². The second-order valence-corrected chi connectivity index (χ2v) is 18.1. The summed E-state index contributed by atoms with van der Waals surface area (Å²) in [5.41, 5.74) is 1.87. The van der Waals surface area contributed by atoms with Crippen molar-refractivity contribution in [2.45, 2.75) is 90.5 Å². The molecule has 244 valence electrons. The van der Waals surface area contributed by atoms with Gasteiger partial charge in [-0.05, 0) is 62.2 Å². The molecule has 0 saturated heterocycles. The van der Waals surface area contributed by atoms with Crippen LogP contribution in [0.3, 0.4) is 0 Å². The van der Waals surface area contributed by atoms with Crippen LogP contribution in [0, 0.1) is 0 Å². The summed E-state index contributed by atoms with van der Waals surface area (Å²) in [5.74, 6) is -0.542. The Labute approximate surface area is 265 Å². The van der Waals surface area contributed by atoms with Gasteiger partial charge in [0.2, 0.25) is 0 Å². The van der Waals surface area contributed by atoms with Crippen molar-refractivity contribution in [3.05, 3.63) is 84.5 Å². The number of carbonyl (C=O) groups is 1. The number of hydrogen-bond donors (Lipinski definition) is 1. The average molecular weight is 628 g/mol. The smallest absolute Gasteiger partial charge is 0.415 e. The molecule has 0 aromatic heterocycles. The monoisotopic (exact) mass is 627 g/mol. The molecule has 1 N–H and O–H groups in total. The van der Waals surface area contributed by atoms with E-state index < -0.39 is 32.0 Å². The SMILES string of the molecule is C=CCN(C(=O)OC(C)(C)C)c1cc(COCOC)cc(O)c1[C@H](COCc1ccccc1)[C@H](C=C)O[Si](C)(C)C(C)(C)C. The average Bonchev–Trinajstić information content (AvgIpc) is 2.92. The van der Waals surface area contributed by atoms with Crippen molar-refractivity contribution in [1.82, 2.24) is 0 Å². The summed E-state index contributed by atoms with van der Waals surface area (Å²) >= 11 is 0. The number of amides is 1. The molecule has 0 aliphatic heterocycles. The Bertz CT molecular complexity index is 1220. The first kappa shape index (κ1) is 37.2. The maximum Gasteiger partial charge on any atom is 0.415 e. The van der Waals surface area contributed by atoms with Crippen molar-refractivity contribution < 1.29 is 33.3 Å². The van der Waals surface area contributed by atoms with Crippen LogP contribution in [0.5, 0.6) is 5.75 Å². The van der Waals surface area contributed by atoms with E-state index in [0.717, 1.165) is 5.56 Å². The van der Waals surface area contributed by atoms with Gasteiger partial charge < -0.3 is 28.5 Å². The van der Waals surface area contributed by atoms with Crippen molar-refractivity contribution in [3.63, 3.8) is 0 Å². The quantitative estimate of drug-likeness (QED) is 0.0867. The number of carbonyl (C=O) groups excluding carboxylic acids is 1. The molecule has 0 heterocycles. The van der Waals surface area contributed by atoms with Gasteiger partial charge in [-0.2, -0.15) is 0 Å². The predicted octanol–water partition coefficient (Wildman–Crippen LogP) is 8.32. The molecular formula is C35H53NO7Si. The fourth-order valence-corrected chi connectivity index (χ4v) is 5.65. The van der Waals surface area contributed by atoms with Crippen LogP contribution in [0.2, 0.25) is 18.1 Å². The summed E-state index contributed by atoms with van der Waals surface area (Å²) in [6, 6.07) is 13.4. The molecule has 0 saturated carbocycles. The number of hydrogen-bond acceptors (Lipinski definition) is 7. The lowest BCUT2D eigenvalue weighted by Gasteiger charge is -2.41. The van der Waals surface area contributed by atoms with E-state index >= 15 is 0 Å². The number of nitrogens with zero attached hydrogens (tertiary/aromatic N) is 1. The normalized spacial score (nSPS) is 13.7. The number of anilines is 1. The van der Waals surface area contributed by atoms with E-state index in [0.29, 0.717) is 23.4 Å². The molecule has 1 amide bonds. The van der Waals surface area contributed by atoms with E-state index in [4.69, 9.17) is 23.4 Å². The molecule has 0 radical (unpaired) electrons. The lowest BCUT2D eigenvalue weighted by Crippen LogP contribution is -2.45.